The zero-order valence-electron chi connectivity index (χ0n) is 13.6. The van der Waals surface area contributed by atoms with Crippen LogP contribution in [-0.4, -0.2) is 32.5 Å². The monoisotopic (exact) mass is 345 g/mol. The summed E-state index contributed by atoms with van der Waals surface area (Å²) < 4.78 is 6.69. The Balaban J connectivity index is 2.03. The minimum atomic E-state index is -0.885. The summed E-state index contributed by atoms with van der Waals surface area (Å²) in [5.41, 5.74) is 1.81. The van der Waals surface area contributed by atoms with Crippen LogP contribution >= 0.6 is 11.3 Å². The average molecular weight is 345 g/mol. The average Bonchev–Trinajstić information content (AvgIpc) is 3.07. The van der Waals surface area contributed by atoms with Crippen LogP contribution in [0.1, 0.15) is 31.5 Å². The summed E-state index contributed by atoms with van der Waals surface area (Å²) in [4.78, 5) is 16.5. The molecule has 0 fully saturated rings. The van der Waals surface area contributed by atoms with Crippen LogP contribution in [0, 0.1) is 0 Å². The summed E-state index contributed by atoms with van der Waals surface area (Å²) >= 11 is 1.43. The largest absolute Gasteiger partial charge is 0.491 e. The van der Waals surface area contributed by atoms with Gasteiger partial charge in [0.1, 0.15) is 10.4 Å². The first-order valence-corrected chi connectivity index (χ1v) is 8.80. The van der Waals surface area contributed by atoms with Gasteiger partial charge in [0.15, 0.2) is 0 Å². The minimum Gasteiger partial charge on any atom is -0.491 e. The van der Waals surface area contributed by atoms with Crippen LogP contribution in [0.15, 0.2) is 17.2 Å². The van der Waals surface area contributed by atoms with Gasteiger partial charge in [-0.15, -0.1) is 11.3 Å². The molecule has 6 nitrogen and oxygen atoms in total. The summed E-state index contributed by atoms with van der Waals surface area (Å²) in [5, 5.41) is 17.9. The molecular formula is C17H19N3O3S. The topological polar surface area (TPSA) is 91.0 Å². The van der Waals surface area contributed by atoms with Crippen LogP contribution in [0.5, 0.6) is 5.75 Å². The third-order valence-electron chi connectivity index (χ3n) is 4.19. The van der Waals surface area contributed by atoms with Gasteiger partial charge in [0.05, 0.1) is 23.3 Å². The van der Waals surface area contributed by atoms with Gasteiger partial charge >= 0.3 is 0 Å². The van der Waals surface area contributed by atoms with Crippen LogP contribution in [-0.2, 0) is 12.8 Å². The highest BCUT2D eigenvalue weighted by molar-refractivity contribution is 7.22. The summed E-state index contributed by atoms with van der Waals surface area (Å²) in [5.74, 6) is 0.770. The highest BCUT2D eigenvalue weighted by atomic mass is 32.1. The second-order valence-electron chi connectivity index (χ2n) is 6.80. The van der Waals surface area contributed by atoms with Gasteiger partial charge in [-0.3, -0.25) is 9.89 Å². The normalized spacial score (nSPS) is 14.6. The molecule has 3 aromatic rings. The number of aromatic nitrogens is 3. The fraction of sp³-hybridized carbons (Fsp3) is 0.412. The van der Waals surface area contributed by atoms with Crippen molar-refractivity contribution >= 4 is 21.4 Å². The van der Waals surface area contributed by atoms with Gasteiger partial charge in [0.2, 0.25) is 0 Å². The molecule has 7 heteroatoms. The third kappa shape index (κ3) is 2.53. The number of rotatable bonds is 3. The summed E-state index contributed by atoms with van der Waals surface area (Å²) in [6.45, 7) is 4.11. The number of ether oxygens (including phenoxy) is 1. The molecular weight excluding hydrogens is 326 g/mol. The van der Waals surface area contributed by atoms with E-state index in [4.69, 9.17) is 4.74 Å². The number of thiophene rings is 1. The van der Waals surface area contributed by atoms with E-state index >= 15 is 0 Å². The number of aliphatic hydroxyl groups is 1. The molecule has 0 bridgehead atoms. The van der Waals surface area contributed by atoms with Gasteiger partial charge in [0, 0.05) is 29.3 Å². The van der Waals surface area contributed by atoms with Gasteiger partial charge in [0.25, 0.3) is 5.56 Å². The van der Waals surface area contributed by atoms with Crippen LogP contribution < -0.4 is 10.3 Å². The van der Waals surface area contributed by atoms with Crippen molar-refractivity contribution in [2.75, 3.05) is 6.61 Å². The molecule has 126 valence electrons. The second kappa shape index (κ2) is 5.46. The van der Waals surface area contributed by atoms with E-state index in [9.17, 15) is 9.90 Å². The van der Waals surface area contributed by atoms with Gasteiger partial charge in [-0.2, -0.15) is 5.10 Å². The Bertz CT molecular complexity index is 948. The number of pyridine rings is 1. The molecule has 1 aliphatic heterocycles. The molecule has 24 heavy (non-hydrogen) atoms. The molecule has 0 amide bonds. The predicted octanol–water partition coefficient (Wildman–Crippen LogP) is 2.62. The molecule has 0 saturated heterocycles. The Labute approximate surface area is 142 Å². The Morgan fingerprint density at radius 3 is 3.00 bits per heavy atom. The Kier molecular flexibility index (Phi) is 3.51. The van der Waals surface area contributed by atoms with Crippen molar-refractivity contribution in [3.05, 3.63) is 34.0 Å². The molecule has 0 saturated carbocycles. The van der Waals surface area contributed by atoms with Crippen molar-refractivity contribution in [3.8, 4) is 16.2 Å². The standard InChI is InChI=1S/C17H19N3O3S/c1-17(2,22)6-11-10-4-3-5-23-13-12(10)15(16(21)20-11)24-14(13)9-7-18-19-8-9/h7-8,22H,3-6H2,1-2H3,(H,18,19)(H,20,21). The van der Waals surface area contributed by atoms with Crippen molar-refractivity contribution in [2.24, 2.45) is 0 Å². The Morgan fingerprint density at radius 1 is 1.46 bits per heavy atom. The molecule has 0 spiro atoms. The maximum atomic E-state index is 12.6. The van der Waals surface area contributed by atoms with Crippen molar-refractivity contribution in [3.63, 3.8) is 0 Å². The van der Waals surface area contributed by atoms with Gasteiger partial charge < -0.3 is 14.8 Å². The maximum absolute atomic E-state index is 12.6. The lowest BCUT2D eigenvalue weighted by molar-refractivity contribution is 0.0797. The number of aromatic amines is 2. The first-order valence-electron chi connectivity index (χ1n) is 7.99. The molecule has 0 unspecified atom stereocenters. The smallest absolute Gasteiger partial charge is 0.266 e. The molecule has 0 radical (unpaired) electrons. The van der Waals surface area contributed by atoms with Crippen molar-refractivity contribution < 1.29 is 9.84 Å². The van der Waals surface area contributed by atoms with E-state index in [-0.39, 0.29) is 5.56 Å². The van der Waals surface area contributed by atoms with Gasteiger partial charge in [-0.1, -0.05) is 0 Å². The third-order valence-corrected chi connectivity index (χ3v) is 5.41. The first-order chi connectivity index (χ1) is 11.4. The number of nitrogens with one attached hydrogen (secondary N) is 2. The van der Waals surface area contributed by atoms with Crippen molar-refractivity contribution in [1.82, 2.24) is 15.2 Å². The summed E-state index contributed by atoms with van der Waals surface area (Å²) in [6.07, 6.45) is 5.66. The maximum Gasteiger partial charge on any atom is 0.266 e. The van der Waals surface area contributed by atoms with Crippen molar-refractivity contribution in [1.29, 1.82) is 0 Å². The molecule has 3 aromatic heterocycles. The second-order valence-corrected chi connectivity index (χ2v) is 7.82. The number of nitrogens with zero attached hydrogens (tertiary/aromatic N) is 1. The van der Waals surface area contributed by atoms with E-state index < -0.39 is 5.60 Å². The molecule has 0 atom stereocenters. The molecule has 4 rings (SSSR count). The van der Waals surface area contributed by atoms with Crippen LogP contribution in [0.3, 0.4) is 0 Å². The van der Waals surface area contributed by atoms with Crippen LogP contribution in [0.25, 0.3) is 20.5 Å². The predicted molar refractivity (Wildman–Crippen MR) is 93.8 cm³/mol. The zero-order chi connectivity index (χ0) is 16.9. The lowest BCUT2D eigenvalue weighted by Crippen LogP contribution is -2.25. The number of aryl methyl sites for hydroxylation is 1. The number of hydrogen-bond donors (Lipinski definition) is 3. The number of hydrogen-bond acceptors (Lipinski definition) is 5. The lowest BCUT2D eigenvalue weighted by atomic mass is 9.95. The molecule has 0 aromatic carbocycles. The van der Waals surface area contributed by atoms with E-state index in [0.717, 1.165) is 45.7 Å². The summed E-state index contributed by atoms with van der Waals surface area (Å²) in [7, 11) is 0. The van der Waals surface area contributed by atoms with E-state index in [1.807, 2.05) is 0 Å². The lowest BCUT2D eigenvalue weighted by Gasteiger charge is -2.19. The molecule has 4 heterocycles. The van der Waals surface area contributed by atoms with E-state index in [1.54, 1.807) is 26.2 Å². The van der Waals surface area contributed by atoms with Crippen molar-refractivity contribution in [2.45, 2.75) is 38.7 Å². The molecule has 1 aliphatic rings. The minimum absolute atomic E-state index is 0.125. The SMILES string of the molecule is CC(C)(O)Cc1[nH]c(=O)c2sc(-c3cn[nH]c3)c3c2c1CCCO3. The fourth-order valence-corrected chi connectivity index (χ4v) is 4.40. The van der Waals surface area contributed by atoms with Gasteiger partial charge in [-0.05, 0) is 32.3 Å². The zero-order valence-corrected chi connectivity index (χ0v) is 14.4. The quantitative estimate of drug-likeness (QED) is 0.680. The molecule has 3 N–H and O–H groups in total. The Morgan fingerprint density at radius 2 is 2.29 bits per heavy atom. The van der Waals surface area contributed by atoms with Crippen LogP contribution in [0.2, 0.25) is 0 Å². The highest BCUT2D eigenvalue weighted by Gasteiger charge is 2.27. The van der Waals surface area contributed by atoms with E-state index in [2.05, 4.69) is 15.2 Å². The first kappa shape index (κ1) is 15.4. The van der Waals surface area contributed by atoms with E-state index in [0.29, 0.717) is 17.7 Å². The van der Waals surface area contributed by atoms with Gasteiger partial charge in [-0.25, -0.2) is 0 Å². The highest BCUT2D eigenvalue weighted by Crippen LogP contribution is 2.46. The summed E-state index contributed by atoms with van der Waals surface area (Å²) in [6, 6.07) is 0. The number of H-pyrrole nitrogens is 2. The fourth-order valence-electron chi connectivity index (χ4n) is 3.26. The van der Waals surface area contributed by atoms with E-state index in [1.165, 1.54) is 11.3 Å². The van der Waals surface area contributed by atoms with Crippen LogP contribution in [0.4, 0.5) is 0 Å². The Hall–Kier alpha value is -2.12. The molecule has 0 aliphatic carbocycles.